The van der Waals surface area contributed by atoms with Crippen molar-refractivity contribution in [2.75, 3.05) is 26.2 Å². The molecule has 0 aromatic heterocycles. The maximum atomic E-state index is 12.8. The van der Waals surface area contributed by atoms with Crippen molar-refractivity contribution in [2.24, 2.45) is 0 Å². The second kappa shape index (κ2) is 11.0. The van der Waals surface area contributed by atoms with Crippen LogP contribution in [0.25, 0.3) is 0 Å². The monoisotopic (exact) mass is 468 g/mol. The molecule has 1 unspecified atom stereocenters. The molecule has 0 aliphatic carbocycles. The number of hydrogen-bond donors (Lipinski definition) is 1. The van der Waals surface area contributed by atoms with Crippen LogP contribution in [0.5, 0.6) is 0 Å². The Bertz CT molecular complexity index is 935. The molecule has 1 saturated heterocycles. The highest BCUT2D eigenvalue weighted by atomic mass is 35.5. The van der Waals surface area contributed by atoms with Gasteiger partial charge in [-0.05, 0) is 86.3 Å². The number of halogens is 1. The quantitative estimate of drug-likeness (QED) is 0.619. The van der Waals surface area contributed by atoms with E-state index in [0.29, 0.717) is 24.8 Å². The molecule has 1 atom stereocenters. The maximum absolute atomic E-state index is 12.8. The summed E-state index contributed by atoms with van der Waals surface area (Å²) in [5.41, 5.74) is 5.00. The van der Waals surface area contributed by atoms with Gasteiger partial charge in [0.2, 0.25) is 5.91 Å². The number of amides is 1. The van der Waals surface area contributed by atoms with Crippen molar-refractivity contribution in [1.82, 2.24) is 9.80 Å². The van der Waals surface area contributed by atoms with Crippen LogP contribution in [0, 0.1) is 0 Å². The van der Waals surface area contributed by atoms with E-state index < -0.39 is 6.10 Å². The fraction of sp³-hybridized carbons (Fsp3) is 0.536. The number of carbonyl (C=O) groups is 1. The van der Waals surface area contributed by atoms with Crippen molar-refractivity contribution in [2.45, 2.75) is 70.4 Å². The van der Waals surface area contributed by atoms with Crippen molar-refractivity contribution in [3.63, 3.8) is 0 Å². The van der Waals surface area contributed by atoms with Crippen LogP contribution in [0.2, 0.25) is 5.02 Å². The lowest BCUT2D eigenvalue weighted by molar-refractivity contribution is -0.132. The van der Waals surface area contributed by atoms with E-state index in [-0.39, 0.29) is 5.91 Å². The van der Waals surface area contributed by atoms with Gasteiger partial charge in [-0.2, -0.15) is 0 Å². The maximum Gasteiger partial charge on any atom is 0.222 e. The number of carbonyl (C=O) groups excluding carboxylic acids is 1. The standard InChI is InChI=1S/C28H37ClN2O2/c1-20(2)30-15-11-22-3-4-25(19-24(22)14-16-30)27(32)9-10-28(33)31-17-12-23(13-18-31)21-5-7-26(29)8-6-21/h3-8,19-20,23,27,32H,9-18H2,1-2H3. The van der Waals surface area contributed by atoms with E-state index in [0.717, 1.165) is 62.4 Å². The minimum absolute atomic E-state index is 0.158. The summed E-state index contributed by atoms with van der Waals surface area (Å²) < 4.78 is 0. The van der Waals surface area contributed by atoms with E-state index in [1.54, 1.807) is 0 Å². The number of aliphatic hydroxyl groups excluding tert-OH is 1. The number of benzene rings is 2. The number of rotatable bonds is 6. The number of nitrogens with zero attached hydrogens (tertiary/aromatic N) is 2. The first-order chi connectivity index (χ1) is 15.9. The lowest BCUT2D eigenvalue weighted by Gasteiger charge is -2.32. The zero-order chi connectivity index (χ0) is 23.4. The number of aliphatic hydroxyl groups is 1. The van der Waals surface area contributed by atoms with Gasteiger partial charge in [-0.15, -0.1) is 0 Å². The first-order valence-corrected chi connectivity index (χ1v) is 12.9. The van der Waals surface area contributed by atoms with Gasteiger partial charge in [0.15, 0.2) is 0 Å². The molecule has 0 radical (unpaired) electrons. The molecule has 0 saturated carbocycles. The molecule has 5 heteroatoms. The Morgan fingerprint density at radius 3 is 2.33 bits per heavy atom. The van der Waals surface area contributed by atoms with E-state index in [9.17, 15) is 9.90 Å². The first-order valence-electron chi connectivity index (χ1n) is 12.5. The fourth-order valence-electron chi connectivity index (χ4n) is 5.27. The Morgan fingerprint density at radius 2 is 1.67 bits per heavy atom. The molecule has 1 N–H and O–H groups in total. The molecule has 2 aliphatic heterocycles. The molecule has 178 valence electrons. The van der Waals surface area contributed by atoms with E-state index >= 15 is 0 Å². The van der Waals surface area contributed by atoms with Crippen LogP contribution >= 0.6 is 11.6 Å². The number of likely N-dealkylation sites (tertiary alicyclic amines) is 1. The van der Waals surface area contributed by atoms with Crippen LogP contribution in [0.1, 0.15) is 73.8 Å². The van der Waals surface area contributed by atoms with Crippen LogP contribution in [-0.4, -0.2) is 53.0 Å². The molecule has 2 aliphatic rings. The van der Waals surface area contributed by atoms with E-state index in [4.69, 9.17) is 11.6 Å². The van der Waals surface area contributed by atoms with Crippen molar-refractivity contribution < 1.29 is 9.90 Å². The average Bonchev–Trinajstić information content (AvgIpc) is 3.05. The third-order valence-electron chi connectivity index (χ3n) is 7.50. The van der Waals surface area contributed by atoms with Gasteiger partial charge in [0.25, 0.3) is 0 Å². The van der Waals surface area contributed by atoms with E-state index in [1.165, 1.54) is 16.7 Å². The summed E-state index contributed by atoms with van der Waals surface area (Å²) >= 11 is 6.00. The van der Waals surface area contributed by atoms with Gasteiger partial charge in [0.05, 0.1) is 6.10 Å². The number of hydrogen-bond acceptors (Lipinski definition) is 3. The Hall–Kier alpha value is -1.88. The van der Waals surface area contributed by atoms with Crippen molar-refractivity contribution in [3.05, 3.63) is 69.7 Å². The number of fused-ring (bicyclic) bond motifs is 1. The first kappa shape index (κ1) is 24.3. The van der Waals surface area contributed by atoms with Crippen LogP contribution in [-0.2, 0) is 17.6 Å². The van der Waals surface area contributed by atoms with Gasteiger partial charge in [-0.1, -0.05) is 41.9 Å². The summed E-state index contributed by atoms with van der Waals surface area (Å²) in [6, 6.07) is 15.1. The summed E-state index contributed by atoms with van der Waals surface area (Å²) in [5, 5.41) is 11.6. The van der Waals surface area contributed by atoms with Crippen LogP contribution in [0.4, 0.5) is 0 Å². The third kappa shape index (κ3) is 6.17. The highest BCUT2D eigenvalue weighted by Crippen LogP contribution is 2.30. The Morgan fingerprint density at radius 1 is 1.00 bits per heavy atom. The van der Waals surface area contributed by atoms with Crippen LogP contribution in [0.15, 0.2) is 42.5 Å². The molecule has 0 bridgehead atoms. The molecule has 1 fully saturated rings. The SMILES string of the molecule is CC(C)N1CCc2ccc(C(O)CCC(=O)N3CCC(c4ccc(Cl)cc4)CC3)cc2CC1. The molecule has 2 heterocycles. The summed E-state index contributed by atoms with van der Waals surface area (Å²) in [7, 11) is 0. The summed E-state index contributed by atoms with van der Waals surface area (Å²) in [4.78, 5) is 17.3. The molecule has 33 heavy (non-hydrogen) atoms. The predicted molar refractivity (Wildman–Crippen MR) is 135 cm³/mol. The van der Waals surface area contributed by atoms with Gasteiger partial charge >= 0.3 is 0 Å². The predicted octanol–water partition coefficient (Wildman–Crippen LogP) is 5.37. The Balaban J connectivity index is 1.26. The van der Waals surface area contributed by atoms with Gasteiger partial charge < -0.3 is 14.9 Å². The molecule has 2 aromatic rings. The minimum Gasteiger partial charge on any atom is -0.388 e. The largest absolute Gasteiger partial charge is 0.388 e. The topological polar surface area (TPSA) is 43.8 Å². The molecule has 0 spiro atoms. The third-order valence-corrected chi connectivity index (χ3v) is 7.75. The van der Waals surface area contributed by atoms with Crippen LogP contribution in [0.3, 0.4) is 0 Å². The summed E-state index contributed by atoms with van der Waals surface area (Å²) in [5.74, 6) is 0.647. The molecule has 4 rings (SSSR count). The molecule has 4 nitrogen and oxygen atoms in total. The molecular weight excluding hydrogens is 432 g/mol. The van der Waals surface area contributed by atoms with Gasteiger partial charge in [-0.3, -0.25) is 4.79 Å². The Labute approximate surface area is 203 Å². The van der Waals surface area contributed by atoms with Crippen molar-refractivity contribution in [1.29, 1.82) is 0 Å². The highest BCUT2D eigenvalue weighted by Gasteiger charge is 2.24. The second-order valence-electron chi connectivity index (χ2n) is 9.92. The zero-order valence-electron chi connectivity index (χ0n) is 20.0. The second-order valence-corrected chi connectivity index (χ2v) is 10.4. The van der Waals surface area contributed by atoms with E-state index in [1.807, 2.05) is 17.0 Å². The highest BCUT2D eigenvalue weighted by molar-refractivity contribution is 6.30. The smallest absolute Gasteiger partial charge is 0.222 e. The van der Waals surface area contributed by atoms with Crippen LogP contribution < -0.4 is 0 Å². The molecule has 1 amide bonds. The molecule has 2 aromatic carbocycles. The Kier molecular flexibility index (Phi) is 8.11. The molecular formula is C28H37ClN2O2. The van der Waals surface area contributed by atoms with Gasteiger partial charge in [0, 0.05) is 43.7 Å². The average molecular weight is 469 g/mol. The van der Waals surface area contributed by atoms with E-state index in [2.05, 4.69) is 49.1 Å². The normalized spacial score (nSPS) is 18.8. The zero-order valence-corrected chi connectivity index (χ0v) is 20.7. The summed E-state index contributed by atoms with van der Waals surface area (Å²) in [6.07, 6.45) is 4.33. The van der Waals surface area contributed by atoms with Crippen molar-refractivity contribution in [3.8, 4) is 0 Å². The minimum atomic E-state index is -0.588. The fourth-order valence-corrected chi connectivity index (χ4v) is 5.39. The number of piperidine rings is 1. The van der Waals surface area contributed by atoms with Gasteiger partial charge in [0.1, 0.15) is 0 Å². The van der Waals surface area contributed by atoms with Crippen molar-refractivity contribution >= 4 is 17.5 Å². The summed E-state index contributed by atoms with van der Waals surface area (Å²) in [6.45, 7) is 8.23. The van der Waals surface area contributed by atoms with Gasteiger partial charge in [-0.25, -0.2) is 0 Å². The lowest BCUT2D eigenvalue weighted by atomic mass is 9.89. The lowest BCUT2D eigenvalue weighted by Crippen LogP contribution is -2.37.